The normalized spacial score (nSPS) is 19.3. The molecule has 0 aliphatic heterocycles. The summed E-state index contributed by atoms with van der Waals surface area (Å²) in [5.41, 5.74) is 1.84. The van der Waals surface area contributed by atoms with Gasteiger partial charge in [-0.2, -0.15) is 5.10 Å². The molecule has 0 saturated heterocycles. The van der Waals surface area contributed by atoms with E-state index in [1.165, 1.54) is 5.56 Å². The fourth-order valence-corrected chi connectivity index (χ4v) is 1.75. The zero-order valence-corrected chi connectivity index (χ0v) is 8.51. The van der Waals surface area contributed by atoms with E-state index < -0.39 is 5.60 Å². The summed E-state index contributed by atoms with van der Waals surface area (Å²) in [5, 5.41) is 19.9. The van der Waals surface area contributed by atoms with Gasteiger partial charge in [-0.3, -0.25) is 5.10 Å². The van der Waals surface area contributed by atoms with Crippen molar-refractivity contribution in [2.24, 2.45) is 0 Å². The molecule has 1 fully saturated rings. The first-order valence-corrected chi connectivity index (χ1v) is 5.12. The highest BCUT2D eigenvalue weighted by atomic mass is 16.3. The number of H-pyrrole nitrogens is 1. The van der Waals surface area contributed by atoms with Crippen LogP contribution in [-0.4, -0.2) is 27.4 Å². The zero-order chi connectivity index (χ0) is 10.0. The summed E-state index contributed by atoms with van der Waals surface area (Å²) in [5.74, 6) is 0. The molecule has 1 heterocycles. The van der Waals surface area contributed by atoms with Gasteiger partial charge in [0.25, 0.3) is 0 Å². The summed E-state index contributed by atoms with van der Waals surface area (Å²) in [6.07, 6.45) is 4.85. The number of nitrogens with zero attached hydrogens (tertiary/aromatic N) is 1. The van der Waals surface area contributed by atoms with Crippen molar-refractivity contribution in [3.63, 3.8) is 0 Å². The quantitative estimate of drug-likeness (QED) is 0.663. The van der Waals surface area contributed by atoms with Gasteiger partial charge in [-0.15, -0.1) is 0 Å². The molecule has 0 amide bonds. The second kappa shape index (κ2) is 3.71. The van der Waals surface area contributed by atoms with Crippen molar-refractivity contribution in [3.05, 3.63) is 17.5 Å². The van der Waals surface area contributed by atoms with Gasteiger partial charge in [-0.25, -0.2) is 0 Å². The molecule has 4 heteroatoms. The molecule has 1 saturated carbocycles. The van der Waals surface area contributed by atoms with Gasteiger partial charge in [0.15, 0.2) is 0 Å². The highest BCUT2D eigenvalue weighted by molar-refractivity contribution is 5.13. The Balaban J connectivity index is 1.75. The molecule has 14 heavy (non-hydrogen) atoms. The van der Waals surface area contributed by atoms with Crippen LogP contribution in [0.1, 0.15) is 30.5 Å². The SMILES string of the molecule is Cc1[nH]ncc1CNCC1(O)CCC1. The molecule has 3 N–H and O–H groups in total. The molecule has 1 aliphatic rings. The number of rotatable bonds is 4. The van der Waals surface area contributed by atoms with E-state index in [0.717, 1.165) is 31.5 Å². The van der Waals surface area contributed by atoms with Crippen LogP contribution < -0.4 is 5.32 Å². The number of aromatic nitrogens is 2. The summed E-state index contributed by atoms with van der Waals surface area (Å²) in [6.45, 7) is 3.48. The fourth-order valence-electron chi connectivity index (χ4n) is 1.75. The van der Waals surface area contributed by atoms with E-state index in [9.17, 15) is 5.11 Å². The lowest BCUT2D eigenvalue weighted by Gasteiger charge is -2.36. The minimum Gasteiger partial charge on any atom is -0.389 e. The second-order valence-electron chi connectivity index (χ2n) is 4.20. The lowest BCUT2D eigenvalue weighted by atomic mass is 9.80. The van der Waals surface area contributed by atoms with Gasteiger partial charge in [0, 0.05) is 24.3 Å². The molecule has 2 rings (SSSR count). The Bertz CT molecular complexity index is 304. The van der Waals surface area contributed by atoms with Crippen LogP contribution in [0.4, 0.5) is 0 Å². The van der Waals surface area contributed by atoms with Crippen molar-refractivity contribution in [2.75, 3.05) is 6.54 Å². The smallest absolute Gasteiger partial charge is 0.0771 e. The van der Waals surface area contributed by atoms with E-state index in [0.29, 0.717) is 6.54 Å². The van der Waals surface area contributed by atoms with Gasteiger partial charge < -0.3 is 10.4 Å². The standard InChI is InChI=1S/C10H17N3O/c1-8-9(6-12-13-8)5-11-7-10(14)3-2-4-10/h6,11,14H,2-5,7H2,1H3,(H,12,13). The van der Waals surface area contributed by atoms with E-state index in [1.54, 1.807) is 0 Å². The van der Waals surface area contributed by atoms with Gasteiger partial charge in [0.2, 0.25) is 0 Å². The van der Waals surface area contributed by atoms with E-state index in [2.05, 4.69) is 15.5 Å². The van der Waals surface area contributed by atoms with Gasteiger partial charge in [-0.1, -0.05) is 0 Å². The number of aliphatic hydroxyl groups is 1. The second-order valence-corrected chi connectivity index (χ2v) is 4.20. The number of aryl methyl sites for hydroxylation is 1. The monoisotopic (exact) mass is 195 g/mol. The van der Waals surface area contributed by atoms with Gasteiger partial charge in [0.1, 0.15) is 0 Å². The Labute approximate surface area is 83.7 Å². The Kier molecular flexibility index (Phi) is 2.56. The van der Waals surface area contributed by atoms with Crippen LogP contribution in [0.2, 0.25) is 0 Å². The minimum absolute atomic E-state index is 0.433. The van der Waals surface area contributed by atoms with Gasteiger partial charge in [-0.05, 0) is 26.2 Å². The molecular weight excluding hydrogens is 178 g/mol. The lowest BCUT2D eigenvalue weighted by Crippen LogP contribution is -2.46. The third-order valence-electron chi connectivity index (χ3n) is 2.99. The van der Waals surface area contributed by atoms with Crippen LogP contribution >= 0.6 is 0 Å². The number of hydrogen-bond acceptors (Lipinski definition) is 3. The Morgan fingerprint density at radius 3 is 2.93 bits per heavy atom. The van der Waals surface area contributed by atoms with Crippen LogP contribution in [0.25, 0.3) is 0 Å². The summed E-state index contributed by atoms with van der Waals surface area (Å²) in [6, 6.07) is 0. The molecule has 4 nitrogen and oxygen atoms in total. The predicted molar refractivity (Wildman–Crippen MR) is 53.8 cm³/mol. The fraction of sp³-hybridized carbons (Fsp3) is 0.700. The average molecular weight is 195 g/mol. The number of hydrogen-bond donors (Lipinski definition) is 3. The third kappa shape index (κ3) is 1.96. The molecule has 78 valence electrons. The molecule has 1 aromatic rings. The lowest BCUT2D eigenvalue weighted by molar-refractivity contribution is -0.0314. The van der Waals surface area contributed by atoms with Crippen molar-refractivity contribution in [1.82, 2.24) is 15.5 Å². The molecule has 0 bridgehead atoms. The molecule has 0 unspecified atom stereocenters. The molecule has 0 spiro atoms. The van der Waals surface area contributed by atoms with Gasteiger partial charge >= 0.3 is 0 Å². The van der Waals surface area contributed by atoms with Gasteiger partial charge in [0.05, 0.1) is 11.8 Å². The molecular formula is C10H17N3O. The van der Waals surface area contributed by atoms with Crippen LogP contribution in [-0.2, 0) is 6.54 Å². The van der Waals surface area contributed by atoms with Crippen molar-refractivity contribution in [2.45, 2.75) is 38.3 Å². The zero-order valence-electron chi connectivity index (χ0n) is 8.51. The minimum atomic E-state index is -0.433. The summed E-state index contributed by atoms with van der Waals surface area (Å²) >= 11 is 0. The third-order valence-corrected chi connectivity index (χ3v) is 2.99. The summed E-state index contributed by atoms with van der Waals surface area (Å²) in [4.78, 5) is 0. The van der Waals surface area contributed by atoms with E-state index in [4.69, 9.17) is 0 Å². The van der Waals surface area contributed by atoms with Crippen LogP contribution in [0.5, 0.6) is 0 Å². The average Bonchev–Trinajstić information content (AvgIpc) is 2.49. The van der Waals surface area contributed by atoms with Crippen molar-refractivity contribution < 1.29 is 5.11 Å². The maximum Gasteiger partial charge on any atom is 0.0771 e. The Hall–Kier alpha value is -0.870. The van der Waals surface area contributed by atoms with Crippen LogP contribution in [0.15, 0.2) is 6.20 Å². The van der Waals surface area contributed by atoms with Crippen LogP contribution in [0, 0.1) is 6.92 Å². The van der Waals surface area contributed by atoms with Crippen molar-refractivity contribution in [1.29, 1.82) is 0 Å². The van der Waals surface area contributed by atoms with E-state index in [1.807, 2.05) is 13.1 Å². The summed E-state index contributed by atoms with van der Waals surface area (Å²) in [7, 11) is 0. The first-order valence-electron chi connectivity index (χ1n) is 5.12. The first-order chi connectivity index (χ1) is 6.70. The molecule has 1 aliphatic carbocycles. The van der Waals surface area contributed by atoms with Crippen molar-refractivity contribution in [3.8, 4) is 0 Å². The maximum absolute atomic E-state index is 9.82. The Morgan fingerprint density at radius 2 is 2.43 bits per heavy atom. The molecule has 0 aromatic carbocycles. The topological polar surface area (TPSA) is 60.9 Å². The largest absolute Gasteiger partial charge is 0.389 e. The first kappa shape index (κ1) is 9.68. The predicted octanol–water partition coefficient (Wildman–Crippen LogP) is 0.723. The maximum atomic E-state index is 9.82. The Morgan fingerprint density at radius 1 is 1.64 bits per heavy atom. The molecule has 1 aromatic heterocycles. The molecule has 0 radical (unpaired) electrons. The van der Waals surface area contributed by atoms with Crippen molar-refractivity contribution >= 4 is 0 Å². The highest BCUT2D eigenvalue weighted by Crippen LogP contribution is 2.30. The molecule has 0 atom stereocenters. The van der Waals surface area contributed by atoms with Crippen LogP contribution in [0.3, 0.4) is 0 Å². The van der Waals surface area contributed by atoms with E-state index in [-0.39, 0.29) is 0 Å². The number of nitrogens with one attached hydrogen (secondary N) is 2. The summed E-state index contributed by atoms with van der Waals surface area (Å²) < 4.78 is 0. The number of aromatic amines is 1. The highest BCUT2D eigenvalue weighted by Gasteiger charge is 2.33. The van der Waals surface area contributed by atoms with E-state index >= 15 is 0 Å².